The summed E-state index contributed by atoms with van der Waals surface area (Å²) in [6, 6.07) is 9.27. The zero-order chi connectivity index (χ0) is 21.0. The van der Waals surface area contributed by atoms with Crippen LogP contribution >= 0.6 is 27.5 Å². The van der Waals surface area contributed by atoms with E-state index in [2.05, 4.69) is 25.3 Å². The molecule has 3 aromatic heterocycles. The van der Waals surface area contributed by atoms with Crippen molar-refractivity contribution in [2.45, 2.75) is 33.0 Å². The number of aromatic nitrogens is 4. The van der Waals surface area contributed by atoms with Crippen LogP contribution in [0.4, 0.5) is 0 Å². The summed E-state index contributed by atoms with van der Waals surface area (Å²) in [6.45, 7) is 4.68. The highest BCUT2D eigenvalue weighted by atomic mass is 79.9. The van der Waals surface area contributed by atoms with Crippen molar-refractivity contribution in [2.75, 3.05) is 0 Å². The van der Waals surface area contributed by atoms with Crippen molar-refractivity contribution >= 4 is 43.5 Å². The summed E-state index contributed by atoms with van der Waals surface area (Å²) in [4.78, 5) is 32.3. The molecule has 0 spiro atoms. The number of rotatable bonds is 3. The fraction of sp³-hybridized carbons (Fsp3) is 0.238. The Morgan fingerprint density at radius 2 is 2.07 bits per heavy atom. The van der Waals surface area contributed by atoms with Crippen LogP contribution in [0.5, 0.6) is 0 Å². The summed E-state index contributed by atoms with van der Waals surface area (Å²) < 4.78 is 9.93. The number of aryl methyl sites for hydroxylation is 1. The molecule has 0 fully saturated rings. The zero-order valence-corrected chi connectivity index (χ0v) is 18.8. The predicted molar refractivity (Wildman–Crippen MR) is 119 cm³/mol. The third-order valence-electron chi connectivity index (χ3n) is 5.45. The Bertz CT molecular complexity index is 1360. The van der Waals surface area contributed by atoms with Crippen molar-refractivity contribution in [3.8, 4) is 5.69 Å². The van der Waals surface area contributed by atoms with Gasteiger partial charge in [-0.2, -0.15) is 4.37 Å². The molecule has 9 heteroatoms. The SMILES string of the molecule is Cc1cn(-c2ccc3n(c2=O)C[C@@H](C)N(Cc2nsc4c(Br)cccc24)C3=O)cn1. The van der Waals surface area contributed by atoms with E-state index < -0.39 is 0 Å². The van der Waals surface area contributed by atoms with Gasteiger partial charge in [0, 0.05) is 28.6 Å². The van der Waals surface area contributed by atoms with Gasteiger partial charge in [0.2, 0.25) is 0 Å². The van der Waals surface area contributed by atoms with Gasteiger partial charge in [0.25, 0.3) is 11.5 Å². The van der Waals surface area contributed by atoms with Gasteiger partial charge in [-0.05, 0) is 59.5 Å². The largest absolute Gasteiger partial charge is 0.327 e. The molecule has 5 rings (SSSR count). The van der Waals surface area contributed by atoms with Gasteiger partial charge in [0.05, 0.1) is 29.0 Å². The number of pyridine rings is 1. The first-order chi connectivity index (χ1) is 14.4. The van der Waals surface area contributed by atoms with E-state index in [1.165, 1.54) is 11.5 Å². The minimum Gasteiger partial charge on any atom is -0.327 e. The Kier molecular flexibility index (Phi) is 4.59. The molecule has 1 aromatic carbocycles. The lowest BCUT2D eigenvalue weighted by molar-refractivity contribution is 0.0588. The lowest BCUT2D eigenvalue weighted by atomic mass is 10.1. The first kappa shape index (κ1) is 19.2. The van der Waals surface area contributed by atoms with E-state index in [0.717, 1.165) is 25.9 Å². The van der Waals surface area contributed by atoms with E-state index in [4.69, 9.17) is 0 Å². The van der Waals surface area contributed by atoms with E-state index in [0.29, 0.717) is 24.5 Å². The number of carbonyl (C=O) groups excluding carboxylic acids is 1. The van der Waals surface area contributed by atoms with E-state index in [-0.39, 0.29) is 17.5 Å². The minimum atomic E-state index is -0.187. The summed E-state index contributed by atoms with van der Waals surface area (Å²) in [5, 5.41) is 1.04. The molecule has 7 nitrogen and oxygen atoms in total. The molecule has 0 N–H and O–H groups in total. The number of hydrogen-bond acceptors (Lipinski definition) is 5. The van der Waals surface area contributed by atoms with Crippen molar-refractivity contribution in [3.05, 3.63) is 74.8 Å². The second kappa shape index (κ2) is 7.17. The average molecular weight is 484 g/mol. The van der Waals surface area contributed by atoms with E-state index >= 15 is 0 Å². The third kappa shape index (κ3) is 3.00. The molecule has 152 valence electrons. The number of benzene rings is 1. The van der Waals surface area contributed by atoms with Crippen molar-refractivity contribution in [1.82, 2.24) is 23.4 Å². The lowest BCUT2D eigenvalue weighted by Crippen LogP contribution is -2.49. The Morgan fingerprint density at radius 3 is 2.83 bits per heavy atom. The molecule has 0 aliphatic carbocycles. The molecule has 1 aliphatic heterocycles. The van der Waals surface area contributed by atoms with Gasteiger partial charge in [-0.3, -0.25) is 9.59 Å². The Labute approximate surface area is 184 Å². The fourth-order valence-corrected chi connectivity index (χ4v) is 5.26. The van der Waals surface area contributed by atoms with Crippen LogP contribution in [0.3, 0.4) is 0 Å². The molecular formula is C21H18BrN5O2S. The first-order valence-corrected chi connectivity index (χ1v) is 11.1. The van der Waals surface area contributed by atoms with Gasteiger partial charge in [-0.15, -0.1) is 0 Å². The number of fused-ring (bicyclic) bond motifs is 2. The van der Waals surface area contributed by atoms with Crippen LogP contribution in [0.25, 0.3) is 15.8 Å². The number of halogens is 1. The summed E-state index contributed by atoms with van der Waals surface area (Å²) in [6.07, 6.45) is 3.42. The molecule has 1 atom stereocenters. The van der Waals surface area contributed by atoms with Gasteiger partial charge in [0.15, 0.2) is 0 Å². The topological polar surface area (TPSA) is 73.0 Å². The number of carbonyl (C=O) groups is 1. The second-order valence-electron chi connectivity index (χ2n) is 7.47. The molecule has 1 aliphatic rings. The predicted octanol–water partition coefficient (Wildman–Crippen LogP) is 3.76. The highest BCUT2D eigenvalue weighted by Gasteiger charge is 2.32. The molecule has 30 heavy (non-hydrogen) atoms. The van der Waals surface area contributed by atoms with Gasteiger partial charge in [0.1, 0.15) is 11.4 Å². The first-order valence-electron chi connectivity index (χ1n) is 9.52. The van der Waals surface area contributed by atoms with Crippen LogP contribution < -0.4 is 5.56 Å². The smallest absolute Gasteiger partial charge is 0.275 e. The van der Waals surface area contributed by atoms with Crippen LogP contribution in [0.15, 0.2) is 52.1 Å². The number of nitrogens with zero attached hydrogens (tertiary/aromatic N) is 5. The monoisotopic (exact) mass is 483 g/mol. The molecule has 4 aromatic rings. The molecule has 4 heterocycles. The van der Waals surface area contributed by atoms with E-state index in [9.17, 15) is 9.59 Å². The van der Waals surface area contributed by atoms with Crippen molar-refractivity contribution in [1.29, 1.82) is 0 Å². The van der Waals surface area contributed by atoms with Crippen molar-refractivity contribution in [2.24, 2.45) is 0 Å². The van der Waals surface area contributed by atoms with Crippen LogP contribution in [-0.4, -0.2) is 35.3 Å². The normalized spacial score (nSPS) is 16.3. The minimum absolute atomic E-state index is 0.133. The summed E-state index contributed by atoms with van der Waals surface area (Å²) in [5.74, 6) is -0.157. The number of amides is 1. The molecule has 0 unspecified atom stereocenters. The maximum absolute atomic E-state index is 13.3. The maximum Gasteiger partial charge on any atom is 0.275 e. The average Bonchev–Trinajstić information content (AvgIpc) is 3.33. The maximum atomic E-state index is 13.3. The highest BCUT2D eigenvalue weighted by Crippen LogP contribution is 2.31. The molecule has 0 bridgehead atoms. The van der Waals surface area contributed by atoms with Crippen LogP contribution in [-0.2, 0) is 13.1 Å². The number of hydrogen-bond donors (Lipinski definition) is 0. The quantitative estimate of drug-likeness (QED) is 0.444. The molecular weight excluding hydrogens is 466 g/mol. The summed E-state index contributed by atoms with van der Waals surface area (Å²) in [7, 11) is 0. The third-order valence-corrected chi connectivity index (χ3v) is 7.31. The Hall–Kier alpha value is -2.78. The fourth-order valence-electron chi connectivity index (χ4n) is 3.88. The number of imidazole rings is 1. The van der Waals surface area contributed by atoms with Gasteiger partial charge in [-0.25, -0.2) is 4.98 Å². The molecule has 0 radical (unpaired) electrons. The second-order valence-corrected chi connectivity index (χ2v) is 9.10. The molecule has 0 saturated carbocycles. The molecule has 1 amide bonds. The standard InChI is InChI=1S/C21H18BrN5O2S/c1-12-8-25(11-23-12)17-6-7-18-21(29)26(13(2)9-27(18)20(17)28)10-16-14-4-3-5-15(22)19(14)30-24-16/h3-8,11,13H,9-10H2,1-2H3/t13-/m1/s1. The Balaban J connectivity index is 1.51. The van der Waals surface area contributed by atoms with Crippen LogP contribution in [0.1, 0.15) is 28.8 Å². The van der Waals surface area contributed by atoms with E-state index in [1.54, 1.807) is 38.7 Å². The lowest BCUT2D eigenvalue weighted by Gasteiger charge is -2.35. The van der Waals surface area contributed by atoms with Crippen molar-refractivity contribution < 1.29 is 4.79 Å². The Morgan fingerprint density at radius 1 is 1.23 bits per heavy atom. The van der Waals surface area contributed by atoms with Crippen LogP contribution in [0.2, 0.25) is 0 Å². The van der Waals surface area contributed by atoms with E-state index in [1.807, 2.05) is 32.0 Å². The molecule has 0 saturated heterocycles. The van der Waals surface area contributed by atoms with Crippen LogP contribution in [0, 0.1) is 6.92 Å². The summed E-state index contributed by atoms with van der Waals surface area (Å²) in [5.41, 5.74) is 2.41. The highest BCUT2D eigenvalue weighted by molar-refractivity contribution is 9.10. The van der Waals surface area contributed by atoms with Crippen molar-refractivity contribution in [3.63, 3.8) is 0 Å². The zero-order valence-electron chi connectivity index (χ0n) is 16.4. The van der Waals surface area contributed by atoms with Gasteiger partial charge in [-0.1, -0.05) is 12.1 Å². The van der Waals surface area contributed by atoms with Gasteiger partial charge < -0.3 is 14.0 Å². The summed E-state index contributed by atoms with van der Waals surface area (Å²) >= 11 is 4.98. The van der Waals surface area contributed by atoms with Gasteiger partial charge >= 0.3 is 0 Å².